The highest BCUT2D eigenvalue weighted by Crippen LogP contribution is 2.48. The molecule has 0 atom stereocenters. The Balaban J connectivity index is 0.000000107. The van der Waals surface area contributed by atoms with Crippen LogP contribution in [-0.4, -0.2) is 39.0 Å². The summed E-state index contributed by atoms with van der Waals surface area (Å²) >= 11 is 5.58. The van der Waals surface area contributed by atoms with E-state index < -0.39 is 0 Å². The van der Waals surface area contributed by atoms with Gasteiger partial charge in [0.25, 0.3) is 0 Å². The van der Waals surface area contributed by atoms with Gasteiger partial charge in [-0.1, -0.05) is 394 Å². The molecule has 11 heteroatoms. The van der Waals surface area contributed by atoms with Gasteiger partial charge in [-0.3, -0.25) is 0 Å². The van der Waals surface area contributed by atoms with Crippen molar-refractivity contribution in [2.75, 3.05) is 0 Å². The van der Waals surface area contributed by atoms with Crippen molar-refractivity contribution >= 4 is 182 Å². The molecule has 0 radical (unpaired) electrons. The van der Waals surface area contributed by atoms with Crippen LogP contribution in [0.15, 0.2) is 510 Å². The minimum atomic E-state index is 0.707. The monoisotopic (exact) mass is 1920 g/mol. The maximum absolute atomic E-state index is 5.25. The maximum atomic E-state index is 5.25. The van der Waals surface area contributed by atoms with E-state index in [9.17, 15) is 0 Å². The summed E-state index contributed by atoms with van der Waals surface area (Å²) in [5.41, 5.74) is 32.2. The molecule has 20 aromatic carbocycles. The summed E-state index contributed by atoms with van der Waals surface area (Å²) in [6, 6.07) is 181. The van der Waals surface area contributed by atoms with Gasteiger partial charge in [0, 0.05) is 159 Å². The van der Waals surface area contributed by atoms with E-state index in [0.717, 1.165) is 140 Å². The van der Waals surface area contributed by atoms with E-state index in [-0.39, 0.29) is 0 Å². The van der Waals surface area contributed by atoms with Crippen LogP contribution >= 0.6 is 34.0 Å². The van der Waals surface area contributed by atoms with Gasteiger partial charge in [0.2, 0.25) is 0 Å². The number of para-hydroxylation sites is 5. The molecule has 0 bridgehead atoms. The van der Waals surface area contributed by atoms with Crippen LogP contribution in [0.3, 0.4) is 0 Å². The van der Waals surface area contributed by atoms with Crippen molar-refractivity contribution < 1.29 is 0 Å². The number of nitrogens with zero attached hydrogens (tertiary/aromatic N) is 8. The normalized spacial score (nSPS) is 11.7. The van der Waals surface area contributed by atoms with Gasteiger partial charge in [-0.2, -0.15) is 0 Å². The van der Waals surface area contributed by atoms with Crippen LogP contribution in [0.4, 0.5) is 0 Å². The predicted octanol–water partition coefficient (Wildman–Crippen LogP) is 37.7. The van der Waals surface area contributed by atoms with Crippen molar-refractivity contribution in [1.29, 1.82) is 0 Å². The van der Waals surface area contributed by atoms with Crippen LogP contribution in [-0.2, 0) is 0 Å². The number of fused-ring (bicyclic) bond motifs is 21. The molecule has 0 aliphatic rings. The number of pyridine rings is 4. The average molecular weight is 1930 g/mol. The second-order valence-corrected chi connectivity index (χ2v) is 40.5. The molecule has 147 heavy (non-hydrogen) atoms. The molecule has 0 saturated heterocycles. The fourth-order valence-corrected chi connectivity index (χ4v) is 25.4. The third kappa shape index (κ3) is 15.5. The summed E-state index contributed by atoms with van der Waals surface area (Å²) in [6.45, 7) is 0. The highest BCUT2D eigenvalue weighted by atomic mass is 32.1. The summed E-state index contributed by atoms with van der Waals surface area (Å²) in [6.07, 6.45) is 0. The molecule has 0 amide bonds. The number of hydrogen-bond acceptors (Lipinski definition) is 9. The molecular formula is C136H84N8S3. The molecule has 0 fully saturated rings. The second-order valence-electron chi connectivity index (χ2n) is 37.4. The molecule has 0 aliphatic heterocycles. The van der Waals surface area contributed by atoms with Gasteiger partial charge < -0.3 is 9.13 Å². The molecule has 8 nitrogen and oxygen atoms in total. The third-order valence-corrected chi connectivity index (χ3v) is 32.4. The van der Waals surface area contributed by atoms with Gasteiger partial charge in [0.05, 0.1) is 78.5 Å². The fraction of sp³-hybridized carbons (Fsp3) is 0. The lowest BCUT2D eigenvalue weighted by Gasteiger charge is -2.13. The smallest absolute Gasteiger partial charge is 0.160 e. The summed E-state index contributed by atoms with van der Waals surface area (Å²) < 4.78 is 12.6. The Kier molecular flexibility index (Phi) is 21.4. The topological polar surface area (TPSA) is 87.2 Å². The highest BCUT2D eigenvalue weighted by molar-refractivity contribution is 7.27. The lowest BCUT2D eigenvalue weighted by molar-refractivity contribution is 1.17. The quantitative estimate of drug-likeness (QED) is 0.107. The molecule has 0 spiro atoms. The first kappa shape index (κ1) is 86.3. The zero-order valence-electron chi connectivity index (χ0n) is 79.3. The second kappa shape index (κ2) is 36.4. The van der Waals surface area contributed by atoms with E-state index in [1.54, 1.807) is 0 Å². The van der Waals surface area contributed by atoms with Crippen molar-refractivity contribution in [2.45, 2.75) is 0 Å². The van der Waals surface area contributed by atoms with Gasteiger partial charge in [-0.25, -0.2) is 29.9 Å². The minimum Gasteiger partial charge on any atom is -0.309 e. The Bertz CT molecular complexity index is 10400. The van der Waals surface area contributed by atoms with Crippen molar-refractivity contribution in [3.8, 4) is 135 Å². The molecule has 0 N–H and O–H groups in total. The van der Waals surface area contributed by atoms with Crippen molar-refractivity contribution in [3.05, 3.63) is 510 Å². The number of thiophene rings is 3. The SMILES string of the molecule is c1ccc(-c2cc(-c3ccc(-n4c5ccccc5c5ccccc54)cc3)nc(-c3cccc(-c4cccc5c4sc4ccccc45)c3)n2)cc1.c1ccc(-c2cc(-c3cccc4c3sc3ccccc34)cc(-c3cccc(-c4nc5ccccc5c5ccccc45)c3)n2)cc1.c1ccc2c(c1)sc1c(-c3ccc(-c4ccc5ccc6ccc(-c7ccc(-n8c9ccccc9c9ccccc98)cc7)nc6c5n4)cc3)cccc12. The van der Waals surface area contributed by atoms with Crippen LogP contribution in [0, 0.1) is 0 Å². The van der Waals surface area contributed by atoms with E-state index in [1.807, 2.05) is 40.1 Å². The molecule has 10 heterocycles. The molecular weight excluding hydrogens is 1840 g/mol. The first-order valence-corrected chi connectivity index (χ1v) is 52.0. The molecule has 30 aromatic rings. The Hall–Kier alpha value is -18.6. The first-order valence-electron chi connectivity index (χ1n) is 49.6. The average Bonchev–Trinajstić information content (AvgIpc) is 1.57. The van der Waals surface area contributed by atoms with E-state index in [1.165, 1.54) is 137 Å². The molecule has 0 unspecified atom stereocenters. The zero-order valence-corrected chi connectivity index (χ0v) is 81.7. The van der Waals surface area contributed by atoms with Crippen LogP contribution in [0.25, 0.3) is 283 Å². The van der Waals surface area contributed by atoms with Crippen LogP contribution in [0.1, 0.15) is 0 Å². The molecule has 0 aliphatic carbocycles. The molecule has 10 aromatic heterocycles. The fourth-order valence-electron chi connectivity index (χ4n) is 21.6. The number of hydrogen-bond donors (Lipinski definition) is 0. The van der Waals surface area contributed by atoms with Gasteiger partial charge >= 0.3 is 0 Å². The lowest BCUT2D eigenvalue weighted by atomic mass is 9.96. The Morgan fingerprint density at radius 2 is 0.483 bits per heavy atom. The Labute approximate surface area is 858 Å². The van der Waals surface area contributed by atoms with Crippen LogP contribution < -0.4 is 0 Å². The number of rotatable bonds is 13. The maximum Gasteiger partial charge on any atom is 0.160 e. The van der Waals surface area contributed by atoms with Gasteiger partial charge in [-0.15, -0.1) is 34.0 Å². The van der Waals surface area contributed by atoms with Crippen molar-refractivity contribution in [2.24, 2.45) is 0 Å². The van der Waals surface area contributed by atoms with E-state index in [4.69, 9.17) is 29.9 Å². The van der Waals surface area contributed by atoms with E-state index in [2.05, 4.69) is 513 Å². The van der Waals surface area contributed by atoms with Gasteiger partial charge in [-0.05, 0) is 154 Å². The third-order valence-electron chi connectivity index (χ3n) is 28.7. The van der Waals surface area contributed by atoms with E-state index in [0.29, 0.717) is 5.82 Å². The number of aromatic nitrogens is 8. The largest absolute Gasteiger partial charge is 0.309 e. The summed E-state index contributed by atoms with van der Waals surface area (Å²) in [4.78, 5) is 31.2. The minimum absolute atomic E-state index is 0.707. The zero-order chi connectivity index (χ0) is 96.9. The van der Waals surface area contributed by atoms with E-state index >= 15 is 0 Å². The van der Waals surface area contributed by atoms with Crippen molar-refractivity contribution in [3.63, 3.8) is 0 Å². The van der Waals surface area contributed by atoms with Crippen LogP contribution in [0.5, 0.6) is 0 Å². The Morgan fingerprint density at radius 1 is 0.163 bits per heavy atom. The lowest BCUT2D eigenvalue weighted by Crippen LogP contribution is -1.97. The molecule has 686 valence electrons. The van der Waals surface area contributed by atoms with Gasteiger partial charge in [0.15, 0.2) is 5.82 Å². The Morgan fingerprint density at radius 3 is 0.966 bits per heavy atom. The predicted molar refractivity (Wildman–Crippen MR) is 623 cm³/mol. The van der Waals surface area contributed by atoms with Crippen LogP contribution in [0.2, 0.25) is 0 Å². The molecule has 0 saturated carbocycles. The summed E-state index contributed by atoms with van der Waals surface area (Å²) in [7, 11) is 0. The summed E-state index contributed by atoms with van der Waals surface area (Å²) in [5, 5.41) is 18.6. The standard InChI is InChI=1S/C48H29N3S.C46H29N3S.C42H26N2S/c1-4-13-43-37(8-1)38-9-2-5-14-44(38)51(43)35-26-22-32(23-27-35)42-29-25-34-21-20-33-24-28-41(49-46(33)47(34)50-42)31-18-16-30(17-19-31)36-11-7-12-40-39-10-3-6-15-45(39)52-48(36)40;1-2-12-30(13-3-1)40-29-41(31-24-26-34(27-25-31)49-42-21-7-4-16-36(42)37-17-5-8-22-43(37)49)48-46(47-40)33-15-10-14-32(28-33)35-19-11-20-39-38-18-6-9-23-44(38)50-45(35)39;1-2-12-27(13-3-1)38-25-30(31-20-11-21-36-34-18-7-9-23-40(34)45-42(31)36)26-39(43-38)28-14-10-15-29(24-28)41-35-19-5-4-16-32(35)33-17-6-8-22-37(33)44-41/h1-29H;1-29H;1-26H. The van der Waals surface area contributed by atoms with Crippen molar-refractivity contribution in [1.82, 2.24) is 39.0 Å². The van der Waals surface area contributed by atoms with Gasteiger partial charge in [0.1, 0.15) is 0 Å². The summed E-state index contributed by atoms with van der Waals surface area (Å²) in [5.74, 6) is 0.707. The molecule has 30 rings (SSSR count). The first-order chi connectivity index (χ1) is 72.8. The highest BCUT2D eigenvalue weighted by Gasteiger charge is 2.23. The number of benzene rings is 20.